The summed E-state index contributed by atoms with van der Waals surface area (Å²) in [6.45, 7) is 5.02. The largest absolute Gasteiger partial charge is 0.396 e. The summed E-state index contributed by atoms with van der Waals surface area (Å²) in [7, 11) is 0. The predicted molar refractivity (Wildman–Crippen MR) is 76.2 cm³/mol. The molecule has 0 aromatic carbocycles. The number of carbonyl (C=O) groups excluding carboxylic acids is 1. The molecule has 1 rings (SSSR count). The standard InChI is InChI=1S/C13H22N2O2S/c1-11(2)15-7-3-5-12(15)13(17)14-6-10-18-9-4-8-16/h3,5,7,11,16H,4,6,8-10H2,1-2H3,(H,14,17). The number of thioether (sulfide) groups is 1. The Morgan fingerprint density at radius 2 is 2.28 bits per heavy atom. The minimum atomic E-state index is -0.0172. The lowest BCUT2D eigenvalue weighted by Crippen LogP contribution is -2.28. The van der Waals surface area contributed by atoms with Crippen LogP contribution >= 0.6 is 11.8 Å². The third-order valence-electron chi connectivity index (χ3n) is 2.55. The summed E-state index contributed by atoms with van der Waals surface area (Å²) >= 11 is 1.75. The lowest BCUT2D eigenvalue weighted by atomic mass is 10.3. The molecule has 0 fully saturated rings. The Bertz CT molecular complexity index is 364. The van der Waals surface area contributed by atoms with Crippen LogP contribution in [0.2, 0.25) is 0 Å². The summed E-state index contributed by atoms with van der Waals surface area (Å²) in [6, 6.07) is 4.03. The van der Waals surface area contributed by atoms with Gasteiger partial charge in [-0.3, -0.25) is 4.79 Å². The van der Waals surface area contributed by atoms with Crippen LogP contribution in [0.3, 0.4) is 0 Å². The Morgan fingerprint density at radius 3 is 2.94 bits per heavy atom. The molecule has 0 unspecified atom stereocenters. The molecule has 1 aromatic heterocycles. The first kappa shape index (κ1) is 15.1. The number of nitrogens with one attached hydrogen (secondary N) is 1. The zero-order valence-electron chi connectivity index (χ0n) is 11.1. The van der Waals surface area contributed by atoms with Crippen molar-refractivity contribution in [2.75, 3.05) is 24.7 Å². The van der Waals surface area contributed by atoms with E-state index in [9.17, 15) is 4.79 Å². The van der Waals surface area contributed by atoms with E-state index in [1.165, 1.54) is 0 Å². The van der Waals surface area contributed by atoms with Crippen molar-refractivity contribution in [3.05, 3.63) is 24.0 Å². The SMILES string of the molecule is CC(C)n1cccc1C(=O)NCCSCCCO. The van der Waals surface area contributed by atoms with Crippen LogP contribution < -0.4 is 5.32 Å². The minimum absolute atomic E-state index is 0.0172. The van der Waals surface area contributed by atoms with Crippen LogP contribution in [0.5, 0.6) is 0 Å². The first-order valence-electron chi connectivity index (χ1n) is 6.30. The lowest BCUT2D eigenvalue weighted by molar-refractivity contribution is 0.0945. The maximum Gasteiger partial charge on any atom is 0.267 e. The van der Waals surface area contributed by atoms with Crippen molar-refractivity contribution in [2.45, 2.75) is 26.3 Å². The number of amides is 1. The van der Waals surface area contributed by atoms with E-state index in [0.29, 0.717) is 18.3 Å². The van der Waals surface area contributed by atoms with Gasteiger partial charge in [-0.05, 0) is 38.2 Å². The summed E-state index contributed by atoms with van der Waals surface area (Å²) in [5, 5.41) is 11.5. The number of hydrogen-bond acceptors (Lipinski definition) is 3. The van der Waals surface area contributed by atoms with Gasteiger partial charge in [0.25, 0.3) is 5.91 Å². The van der Waals surface area contributed by atoms with Gasteiger partial charge in [-0.2, -0.15) is 11.8 Å². The highest BCUT2D eigenvalue weighted by atomic mass is 32.2. The number of carbonyl (C=O) groups is 1. The van der Waals surface area contributed by atoms with Crippen molar-refractivity contribution in [3.63, 3.8) is 0 Å². The van der Waals surface area contributed by atoms with Crippen molar-refractivity contribution in [3.8, 4) is 0 Å². The van der Waals surface area contributed by atoms with Gasteiger partial charge >= 0.3 is 0 Å². The third-order valence-corrected chi connectivity index (χ3v) is 3.62. The maximum atomic E-state index is 11.9. The van der Waals surface area contributed by atoms with E-state index in [1.54, 1.807) is 11.8 Å². The molecule has 5 heteroatoms. The van der Waals surface area contributed by atoms with E-state index < -0.39 is 0 Å². The van der Waals surface area contributed by atoms with Crippen molar-refractivity contribution in [2.24, 2.45) is 0 Å². The fraction of sp³-hybridized carbons (Fsp3) is 0.615. The first-order chi connectivity index (χ1) is 8.66. The average Bonchev–Trinajstić information content (AvgIpc) is 2.82. The number of rotatable bonds is 8. The van der Waals surface area contributed by atoms with Gasteiger partial charge in [0.05, 0.1) is 0 Å². The van der Waals surface area contributed by atoms with Crippen molar-refractivity contribution < 1.29 is 9.90 Å². The predicted octanol–water partition coefficient (Wildman–Crippen LogP) is 1.91. The van der Waals surface area contributed by atoms with Crippen LogP contribution in [0.1, 0.15) is 36.8 Å². The Hall–Kier alpha value is -0.940. The monoisotopic (exact) mass is 270 g/mol. The van der Waals surface area contributed by atoms with Crippen LogP contribution in [0.25, 0.3) is 0 Å². The Morgan fingerprint density at radius 1 is 1.50 bits per heavy atom. The topological polar surface area (TPSA) is 54.3 Å². The second-order valence-corrected chi connectivity index (χ2v) is 5.56. The van der Waals surface area contributed by atoms with E-state index in [0.717, 1.165) is 17.9 Å². The van der Waals surface area contributed by atoms with Crippen molar-refractivity contribution in [1.82, 2.24) is 9.88 Å². The zero-order valence-corrected chi connectivity index (χ0v) is 11.9. The Kier molecular flexibility index (Phi) is 6.90. The summed E-state index contributed by atoms with van der Waals surface area (Å²) in [6.07, 6.45) is 2.74. The molecule has 0 atom stereocenters. The summed E-state index contributed by atoms with van der Waals surface area (Å²) < 4.78 is 1.97. The molecule has 2 N–H and O–H groups in total. The molecule has 0 aliphatic heterocycles. The lowest BCUT2D eigenvalue weighted by Gasteiger charge is -2.12. The van der Waals surface area contributed by atoms with Gasteiger partial charge in [-0.25, -0.2) is 0 Å². The third kappa shape index (κ3) is 4.74. The van der Waals surface area contributed by atoms with Gasteiger partial charge in [-0.15, -0.1) is 0 Å². The molecule has 4 nitrogen and oxygen atoms in total. The molecule has 102 valence electrons. The van der Waals surface area contributed by atoms with Gasteiger partial charge in [0, 0.05) is 31.1 Å². The average molecular weight is 270 g/mol. The summed E-state index contributed by atoms with van der Waals surface area (Å²) in [5.74, 6) is 1.81. The van der Waals surface area contributed by atoms with Gasteiger partial charge < -0.3 is 15.0 Å². The number of aliphatic hydroxyl groups excluding tert-OH is 1. The van der Waals surface area contributed by atoms with E-state index in [-0.39, 0.29) is 12.5 Å². The number of nitrogens with zero attached hydrogens (tertiary/aromatic N) is 1. The normalized spacial score (nSPS) is 10.9. The van der Waals surface area contributed by atoms with Crippen molar-refractivity contribution >= 4 is 17.7 Å². The van der Waals surface area contributed by atoms with Crippen molar-refractivity contribution in [1.29, 1.82) is 0 Å². The molecule has 1 amide bonds. The van der Waals surface area contributed by atoms with Crippen LogP contribution in [0.15, 0.2) is 18.3 Å². The number of aliphatic hydroxyl groups is 1. The highest BCUT2D eigenvalue weighted by Gasteiger charge is 2.11. The van der Waals surface area contributed by atoms with E-state index in [1.807, 2.05) is 22.9 Å². The summed E-state index contributed by atoms with van der Waals surface area (Å²) in [5.41, 5.74) is 0.713. The van der Waals surface area contributed by atoms with E-state index in [4.69, 9.17) is 5.11 Å². The second kappa shape index (κ2) is 8.21. The van der Waals surface area contributed by atoms with Gasteiger partial charge in [-0.1, -0.05) is 0 Å². The molecule has 1 aromatic rings. The second-order valence-electron chi connectivity index (χ2n) is 4.34. The molecule has 0 spiro atoms. The van der Waals surface area contributed by atoms with Gasteiger partial charge in [0.1, 0.15) is 5.69 Å². The smallest absolute Gasteiger partial charge is 0.267 e. The first-order valence-corrected chi connectivity index (χ1v) is 7.46. The highest BCUT2D eigenvalue weighted by Crippen LogP contribution is 2.10. The van der Waals surface area contributed by atoms with Gasteiger partial charge in [0.2, 0.25) is 0 Å². The molecule has 0 radical (unpaired) electrons. The maximum absolute atomic E-state index is 11.9. The van der Waals surface area contributed by atoms with Crippen LogP contribution in [0.4, 0.5) is 0 Å². The molecular weight excluding hydrogens is 248 g/mol. The van der Waals surface area contributed by atoms with Crippen LogP contribution in [0, 0.1) is 0 Å². The van der Waals surface area contributed by atoms with Crippen LogP contribution in [-0.4, -0.2) is 40.2 Å². The van der Waals surface area contributed by atoms with E-state index >= 15 is 0 Å². The molecule has 0 saturated heterocycles. The molecule has 1 heterocycles. The fourth-order valence-corrected chi connectivity index (χ4v) is 2.42. The Labute approximate surface area is 113 Å². The molecular formula is C13H22N2O2S. The zero-order chi connectivity index (χ0) is 13.4. The van der Waals surface area contributed by atoms with E-state index in [2.05, 4.69) is 19.2 Å². The Balaban J connectivity index is 2.30. The summed E-state index contributed by atoms with van der Waals surface area (Å²) in [4.78, 5) is 11.9. The quantitative estimate of drug-likeness (QED) is 0.710. The highest BCUT2D eigenvalue weighted by molar-refractivity contribution is 7.99. The number of hydrogen-bond donors (Lipinski definition) is 2. The van der Waals surface area contributed by atoms with Gasteiger partial charge in [0.15, 0.2) is 0 Å². The van der Waals surface area contributed by atoms with Crippen LogP contribution in [-0.2, 0) is 0 Å². The molecule has 18 heavy (non-hydrogen) atoms. The molecule has 0 saturated carbocycles. The molecule has 0 aliphatic rings. The molecule has 0 bridgehead atoms. The molecule has 0 aliphatic carbocycles. The fourth-order valence-electron chi connectivity index (χ4n) is 1.63. The number of aromatic nitrogens is 1. The minimum Gasteiger partial charge on any atom is -0.396 e.